The number of para-hydroxylation sites is 1. The predicted octanol–water partition coefficient (Wildman–Crippen LogP) is 2.24. The highest BCUT2D eigenvalue weighted by Gasteiger charge is 2.33. The Bertz CT molecular complexity index is 974. The number of nitrogens with two attached hydrogens (primary N) is 1. The van der Waals surface area contributed by atoms with Crippen LogP contribution in [0.25, 0.3) is 0 Å². The van der Waals surface area contributed by atoms with Crippen LogP contribution in [-0.4, -0.2) is 32.1 Å². The minimum atomic E-state index is -3.55. The zero-order valence-electron chi connectivity index (χ0n) is 13.8. The van der Waals surface area contributed by atoms with E-state index in [2.05, 4.69) is 4.72 Å². The Hall–Kier alpha value is -2.52. The summed E-state index contributed by atoms with van der Waals surface area (Å²) in [6, 6.07) is 11.7. The summed E-state index contributed by atoms with van der Waals surface area (Å²) in [6.45, 7) is 0. The van der Waals surface area contributed by atoms with E-state index in [9.17, 15) is 18.0 Å². The van der Waals surface area contributed by atoms with E-state index >= 15 is 0 Å². The van der Waals surface area contributed by atoms with Crippen LogP contribution in [0.4, 0.5) is 5.69 Å². The third-order valence-corrected chi connectivity index (χ3v) is 5.42. The van der Waals surface area contributed by atoms with E-state index in [1.807, 2.05) is 6.07 Å². The van der Waals surface area contributed by atoms with Crippen molar-refractivity contribution in [3.63, 3.8) is 0 Å². The fraction of sp³-hybridized carbons (Fsp3) is 0.176. The number of sulfonamides is 1. The Morgan fingerprint density at radius 2 is 1.96 bits per heavy atom. The molecule has 2 aromatic rings. The van der Waals surface area contributed by atoms with Crippen molar-refractivity contribution in [2.45, 2.75) is 4.90 Å². The van der Waals surface area contributed by atoms with Gasteiger partial charge in [-0.3, -0.25) is 14.3 Å². The van der Waals surface area contributed by atoms with E-state index in [0.717, 1.165) is 6.26 Å². The van der Waals surface area contributed by atoms with Crippen LogP contribution in [0.2, 0.25) is 0 Å². The van der Waals surface area contributed by atoms with E-state index in [-0.39, 0.29) is 22.8 Å². The minimum Gasteiger partial charge on any atom is -0.455 e. The number of ether oxygens (including phenoxy) is 1. The predicted molar refractivity (Wildman–Crippen MR) is 99.2 cm³/mol. The number of primary amides is 1. The number of carbonyl (C=O) groups is 2. The van der Waals surface area contributed by atoms with E-state index < -0.39 is 27.6 Å². The lowest BCUT2D eigenvalue weighted by Crippen LogP contribution is -2.34. The summed E-state index contributed by atoms with van der Waals surface area (Å²) in [6.07, 6.45) is 1.03. The van der Waals surface area contributed by atoms with E-state index in [0.29, 0.717) is 10.6 Å². The Kier molecular flexibility index (Phi) is 4.92. The van der Waals surface area contributed by atoms with Gasteiger partial charge in [0, 0.05) is 16.2 Å². The standard InChI is InChI=1S/C17H16N2O5S2/c1-26(22,23)19-13-8-15-11(16(20)12(9-25-15)17(18)21)7-14(13)24-10-5-3-2-4-6-10/h2-8,12,19H,9H2,1H3,(H2,18,21). The van der Waals surface area contributed by atoms with Crippen LogP contribution in [0.5, 0.6) is 11.5 Å². The minimum absolute atomic E-state index is 0.166. The molecule has 0 fully saturated rings. The zero-order valence-corrected chi connectivity index (χ0v) is 15.4. The smallest absolute Gasteiger partial charge is 0.229 e. The molecule has 0 radical (unpaired) electrons. The lowest BCUT2D eigenvalue weighted by Gasteiger charge is -2.23. The summed E-state index contributed by atoms with van der Waals surface area (Å²) in [5, 5.41) is 0. The first-order valence-corrected chi connectivity index (χ1v) is 10.5. The van der Waals surface area contributed by atoms with Crippen molar-refractivity contribution in [1.82, 2.24) is 0 Å². The van der Waals surface area contributed by atoms with Gasteiger partial charge in [0.25, 0.3) is 0 Å². The first-order chi connectivity index (χ1) is 12.2. The number of hydrogen-bond acceptors (Lipinski definition) is 6. The number of thioether (sulfide) groups is 1. The average Bonchev–Trinajstić information content (AvgIpc) is 2.55. The van der Waals surface area contributed by atoms with Gasteiger partial charge in [-0.05, 0) is 24.3 Å². The maximum Gasteiger partial charge on any atom is 0.229 e. The molecule has 1 aliphatic rings. The molecule has 2 aromatic carbocycles. The molecule has 0 bridgehead atoms. The Balaban J connectivity index is 2.08. The largest absolute Gasteiger partial charge is 0.455 e. The number of amides is 1. The summed E-state index contributed by atoms with van der Waals surface area (Å²) in [4.78, 5) is 24.6. The molecule has 26 heavy (non-hydrogen) atoms. The molecule has 3 N–H and O–H groups in total. The molecule has 9 heteroatoms. The van der Waals surface area contributed by atoms with Gasteiger partial charge in [0.15, 0.2) is 11.5 Å². The molecule has 0 saturated carbocycles. The van der Waals surface area contributed by atoms with Gasteiger partial charge in [0.2, 0.25) is 15.9 Å². The molecule has 0 spiro atoms. The van der Waals surface area contributed by atoms with E-state index in [1.54, 1.807) is 24.3 Å². The highest BCUT2D eigenvalue weighted by molar-refractivity contribution is 7.99. The molecule has 1 atom stereocenters. The van der Waals surface area contributed by atoms with Gasteiger partial charge in [0.05, 0.1) is 11.9 Å². The van der Waals surface area contributed by atoms with Crippen LogP contribution in [0.1, 0.15) is 10.4 Å². The van der Waals surface area contributed by atoms with Gasteiger partial charge in [-0.25, -0.2) is 8.42 Å². The molecule has 3 rings (SSSR count). The highest BCUT2D eigenvalue weighted by atomic mass is 32.2. The van der Waals surface area contributed by atoms with Crippen molar-refractivity contribution < 1.29 is 22.7 Å². The van der Waals surface area contributed by atoms with Crippen molar-refractivity contribution in [3.8, 4) is 11.5 Å². The number of nitrogens with one attached hydrogen (secondary N) is 1. The van der Waals surface area contributed by atoms with Crippen LogP contribution in [-0.2, 0) is 14.8 Å². The molecule has 1 unspecified atom stereocenters. The average molecular weight is 392 g/mol. The Morgan fingerprint density at radius 3 is 2.58 bits per heavy atom. The SMILES string of the molecule is CS(=O)(=O)Nc1cc2c(cc1Oc1ccccc1)C(=O)C(C(N)=O)CS2. The third-order valence-electron chi connectivity index (χ3n) is 3.68. The van der Waals surface area contributed by atoms with E-state index in [4.69, 9.17) is 10.5 Å². The van der Waals surface area contributed by atoms with Crippen LogP contribution in [0.3, 0.4) is 0 Å². The quantitative estimate of drug-likeness (QED) is 0.754. The number of carbonyl (C=O) groups excluding carboxylic acids is 2. The number of fused-ring (bicyclic) bond motifs is 1. The molecule has 0 saturated heterocycles. The normalized spacial score (nSPS) is 16.7. The fourth-order valence-corrected chi connectivity index (χ4v) is 4.24. The van der Waals surface area contributed by atoms with Crippen molar-refractivity contribution in [3.05, 3.63) is 48.0 Å². The number of hydrogen-bond donors (Lipinski definition) is 2. The maximum absolute atomic E-state index is 12.6. The Morgan fingerprint density at radius 1 is 1.27 bits per heavy atom. The van der Waals surface area contributed by atoms with Gasteiger partial charge in [0.1, 0.15) is 11.7 Å². The van der Waals surface area contributed by atoms with Crippen LogP contribution < -0.4 is 15.2 Å². The molecule has 1 heterocycles. The highest BCUT2D eigenvalue weighted by Crippen LogP contribution is 2.41. The third kappa shape index (κ3) is 4.00. The molecular weight excluding hydrogens is 376 g/mol. The van der Waals surface area contributed by atoms with Crippen LogP contribution in [0, 0.1) is 5.92 Å². The zero-order chi connectivity index (χ0) is 18.9. The Labute approximate surface area is 155 Å². The van der Waals surface area contributed by atoms with Gasteiger partial charge in [-0.1, -0.05) is 18.2 Å². The first-order valence-electron chi connectivity index (χ1n) is 7.59. The van der Waals surface area contributed by atoms with Gasteiger partial charge in [-0.2, -0.15) is 0 Å². The summed E-state index contributed by atoms with van der Waals surface area (Å²) in [5.74, 6) is -1.12. The summed E-state index contributed by atoms with van der Waals surface area (Å²) >= 11 is 1.27. The number of anilines is 1. The van der Waals surface area contributed by atoms with Crippen molar-refractivity contribution >= 4 is 39.2 Å². The summed E-state index contributed by atoms with van der Waals surface area (Å²) in [5.41, 5.74) is 5.80. The second-order valence-corrected chi connectivity index (χ2v) is 8.57. The van der Waals surface area contributed by atoms with Crippen LogP contribution in [0.15, 0.2) is 47.4 Å². The van der Waals surface area contributed by atoms with E-state index in [1.165, 1.54) is 23.9 Å². The topological polar surface area (TPSA) is 116 Å². The molecule has 0 aromatic heterocycles. The van der Waals surface area contributed by atoms with Gasteiger partial charge < -0.3 is 10.5 Å². The monoisotopic (exact) mass is 392 g/mol. The van der Waals surface area contributed by atoms with Crippen molar-refractivity contribution in [2.24, 2.45) is 11.7 Å². The molecule has 1 aliphatic heterocycles. The van der Waals surface area contributed by atoms with Crippen molar-refractivity contribution in [2.75, 3.05) is 16.7 Å². The fourth-order valence-electron chi connectivity index (χ4n) is 2.50. The number of benzene rings is 2. The number of ketones is 1. The molecule has 136 valence electrons. The second-order valence-electron chi connectivity index (χ2n) is 5.76. The number of rotatable bonds is 5. The second kappa shape index (κ2) is 7.00. The number of Topliss-reactive ketones (excluding diaryl/α,β-unsaturated/α-hetero) is 1. The van der Waals surface area contributed by atoms with Gasteiger partial charge in [-0.15, -0.1) is 11.8 Å². The maximum atomic E-state index is 12.6. The molecule has 1 amide bonds. The van der Waals surface area contributed by atoms with Gasteiger partial charge >= 0.3 is 0 Å². The van der Waals surface area contributed by atoms with Crippen LogP contribution >= 0.6 is 11.8 Å². The molecule has 7 nitrogen and oxygen atoms in total. The summed E-state index contributed by atoms with van der Waals surface area (Å²) < 4.78 is 31.5. The van der Waals surface area contributed by atoms with Crippen molar-refractivity contribution in [1.29, 1.82) is 0 Å². The lowest BCUT2D eigenvalue weighted by atomic mass is 9.97. The lowest BCUT2D eigenvalue weighted by molar-refractivity contribution is -0.119. The molecular formula is C17H16N2O5S2. The molecule has 0 aliphatic carbocycles. The summed E-state index contributed by atoms with van der Waals surface area (Å²) in [7, 11) is -3.55. The first kappa shape index (κ1) is 18.3.